The summed E-state index contributed by atoms with van der Waals surface area (Å²) in [4.78, 5) is 26.5. The molecular formula is C17H28N2O2. The molecule has 3 rings (SSSR count). The standard InChI is InChI=1S/C17H28N2O2/c1-2-7-12-10-14(12)18-15-11-16(20)19(17(15)21)13-8-5-3-4-6-9-13/h12-15,18H,2-11H2,1H3. The molecule has 0 aromatic rings. The van der Waals surface area contributed by atoms with Crippen LogP contribution in [0.5, 0.6) is 0 Å². The second-order valence-corrected chi connectivity index (χ2v) is 7.06. The van der Waals surface area contributed by atoms with Crippen LogP contribution in [-0.2, 0) is 9.59 Å². The second-order valence-electron chi connectivity index (χ2n) is 7.06. The van der Waals surface area contributed by atoms with Crippen LogP contribution in [0.2, 0.25) is 0 Å². The smallest absolute Gasteiger partial charge is 0.247 e. The maximum absolute atomic E-state index is 12.6. The van der Waals surface area contributed by atoms with Gasteiger partial charge in [0.1, 0.15) is 0 Å². The molecule has 0 aromatic carbocycles. The molecule has 1 heterocycles. The van der Waals surface area contributed by atoms with Gasteiger partial charge in [-0.2, -0.15) is 0 Å². The Morgan fingerprint density at radius 2 is 1.86 bits per heavy atom. The van der Waals surface area contributed by atoms with Crippen molar-refractivity contribution >= 4 is 11.8 Å². The molecule has 4 nitrogen and oxygen atoms in total. The van der Waals surface area contributed by atoms with Crippen molar-refractivity contribution in [3.05, 3.63) is 0 Å². The van der Waals surface area contributed by atoms with Gasteiger partial charge in [-0.25, -0.2) is 0 Å². The summed E-state index contributed by atoms with van der Waals surface area (Å²) < 4.78 is 0. The number of carbonyl (C=O) groups excluding carboxylic acids is 2. The molecular weight excluding hydrogens is 264 g/mol. The lowest BCUT2D eigenvalue weighted by molar-refractivity contribution is -0.141. The molecule has 3 aliphatic rings. The van der Waals surface area contributed by atoms with Crippen LogP contribution in [0.3, 0.4) is 0 Å². The fourth-order valence-corrected chi connectivity index (χ4v) is 4.08. The first-order valence-corrected chi connectivity index (χ1v) is 8.82. The number of nitrogens with one attached hydrogen (secondary N) is 1. The van der Waals surface area contributed by atoms with Crippen LogP contribution in [0.25, 0.3) is 0 Å². The van der Waals surface area contributed by atoms with Crippen molar-refractivity contribution in [1.29, 1.82) is 0 Å². The summed E-state index contributed by atoms with van der Waals surface area (Å²) in [5, 5.41) is 3.44. The van der Waals surface area contributed by atoms with Gasteiger partial charge in [0, 0.05) is 12.1 Å². The van der Waals surface area contributed by atoms with E-state index in [9.17, 15) is 9.59 Å². The third-order valence-corrected chi connectivity index (χ3v) is 5.37. The van der Waals surface area contributed by atoms with Gasteiger partial charge in [0.25, 0.3) is 0 Å². The Balaban J connectivity index is 1.57. The van der Waals surface area contributed by atoms with Gasteiger partial charge in [0.05, 0.1) is 12.5 Å². The maximum atomic E-state index is 12.6. The molecule has 0 spiro atoms. The molecule has 21 heavy (non-hydrogen) atoms. The highest BCUT2D eigenvalue weighted by Crippen LogP contribution is 2.36. The van der Waals surface area contributed by atoms with E-state index in [0.717, 1.165) is 31.6 Å². The highest BCUT2D eigenvalue weighted by Gasteiger charge is 2.46. The molecule has 0 bridgehead atoms. The molecule has 118 valence electrons. The summed E-state index contributed by atoms with van der Waals surface area (Å²) in [6.07, 6.45) is 10.8. The summed E-state index contributed by atoms with van der Waals surface area (Å²) in [6, 6.07) is 0.401. The van der Waals surface area contributed by atoms with Gasteiger partial charge in [-0.1, -0.05) is 39.0 Å². The van der Waals surface area contributed by atoms with Crippen molar-refractivity contribution < 1.29 is 9.59 Å². The predicted octanol–water partition coefficient (Wildman–Crippen LogP) is 2.61. The Labute approximate surface area is 127 Å². The van der Waals surface area contributed by atoms with E-state index >= 15 is 0 Å². The molecule has 1 saturated heterocycles. The van der Waals surface area contributed by atoms with Crippen molar-refractivity contribution in [3.63, 3.8) is 0 Å². The van der Waals surface area contributed by atoms with E-state index in [1.807, 2.05) is 0 Å². The van der Waals surface area contributed by atoms with Crippen molar-refractivity contribution in [3.8, 4) is 0 Å². The van der Waals surface area contributed by atoms with Crippen molar-refractivity contribution in [2.24, 2.45) is 5.92 Å². The first-order valence-electron chi connectivity index (χ1n) is 8.82. The van der Waals surface area contributed by atoms with Crippen LogP contribution in [0.4, 0.5) is 0 Å². The van der Waals surface area contributed by atoms with Crippen LogP contribution in [-0.4, -0.2) is 34.8 Å². The van der Waals surface area contributed by atoms with Gasteiger partial charge in [-0.05, 0) is 31.6 Å². The molecule has 3 unspecified atom stereocenters. The largest absolute Gasteiger partial charge is 0.302 e. The Bertz CT molecular complexity index is 402. The van der Waals surface area contributed by atoms with Crippen LogP contribution in [0.15, 0.2) is 0 Å². The number of hydrogen-bond acceptors (Lipinski definition) is 3. The van der Waals surface area contributed by atoms with E-state index in [0.29, 0.717) is 12.5 Å². The minimum absolute atomic E-state index is 0.0500. The number of hydrogen-bond donors (Lipinski definition) is 1. The highest BCUT2D eigenvalue weighted by atomic mass is 16.2. The van der Waals surface area contributed by atoms with Gasteiger partial charge >= 0.3 is 0 Å². The number of imide groups is 1. The monoisotopic (exact) mass is 292 g/mol. The van der Waals surface area contributed by atoms with Gasteiger partial charge in [0.15, 0.2) is 0 Å². The Morgan fingerprint density at radius 3 is 2.52 bits per heavy atom. The van der Waals surface area contributed by atoms with Crippen molar-refractivity contribution in [2.45, 2.75) is 89.3 Å². The topological polar surface area (TPSA) is 49.4 Å². The lowest BCUT2D eigenvalue weighted by atomic mass is 10.1. The summed E-state index contributed by atoms with van der Waals surface area (Å²) in [5.41, 5.74) is 0. The third kappa shape index (κ3) is 3.31. The molecule has 4 heteroatoms. The van der Waals surface area contributed by atoms with E-state index in [1.54, 1.807) is 4.90 Å². The first-order chi connectivity index (χ1) is 10.2. The normalized spacial score (nSPS) is 34.3. The van der Waals surface area contributed by atoms with Gasteiger partial charge < -0.3 is 5.32 Å². The highest BCUT2D eigenvalue weighted by molar-refractivity contribution is 6.05. The third-order valence-electron chi connectivity index (χ3n) is 5.37. The molecule has 0 radical (unpaired) electrons. The van der Waals surface area contributed by atoms with Crippen LogP contribution >= 0.6 is 0 Å². The number of carbonyl (C=O) groups is 2. The van der Waals surface area contributed by atoms with Crippen molar-refractivity contribution in [1.82, 2.24) is 10.2 Å². The lowest BCUT2D eigenvalue weighted by Crippen LogP contribution is -2.44. The molecule has 0 aromatic heterocycles. The van der Waals surface area contributed by atoms with E-state index in [1.165, 1.54) is 32.1 Å². The van der Waals surface area contributed by atoms with Crippen LogP contribution in [0, 0.1) is 5.92 Å². The lowest BCUT2D eigenvalue weighted by Gasteiger charge is -2.25. The number of amides is 2. The molecule has 2 amide bonds. The average Bonchev–Trinajstić information content (AvgIpc) is 3.18. The first kappa shape index (κ1) is 15.0. The number of nitrogens with zero attached hydrogens (tertiary/aromatic N) is 1. The Hall–Kier alpha value is -0.900. The van der Waals surface area contributed by atoms with Crippen LogP contribution < -0.4 is 5.32 Å². The molecule has 2 saturated carbocycles. The SMILES string of the molecule is CCCC1CC1NC1CC(=O)N(C2CCCCCC2)C1=O. The minimum atomic E-state index is -0.243. The molecule has 3 fully saturated rings. The Kier molecular flexibility index (Phi) is 4.63. The summed E-state index contributed by atoms with van der Waals surface area (Å²) in [6.45, 7) is 2.20. The zero-order chi connectivity index (χ0) is 14.8. The Morgan fingerprint density at radius 1 is 1.14 bits per heavy atom. The van der Waals surface area contributed by atoms with Gasteiger partial charge in [0.2, 0.25) is 11.8 Å². The van der Waals surface area contributed by atoms with Gasteiger partial charge in [-0.3, -0.25) is 14.5 Å². The summed E-state index contributed by atoms with van der Waals surface area (Å²) in [7, 11) is 0. The maximum Gasteiger partial charge on any atom is 0.247 e. The number of likely N-dealkylation sites (tertiary alicyclic amines) is 1. The fraction of sp³-hybridized carbons (Fsp3) is 0.882. The molecule has 1 aliphatic heterocycles. The second kappa shape index (κ2) is 6.47. The predicted molar refractivity (Wildman–Crippen MR) is 81.7 cm³/mol. The van der Waals surface area contributed by atoms with Crippen LogP contribution in [0.1, 0.15) is 71.1 Å². The zero-order valence-corrected chi connectivity index (χ0v) is 13.1. The molecule has 3 atom stereocenters. The summed E-state index contributed by atoms with van der Waals surface area (Å²) in [5.74, 6) is 0.830. The fourth-order valence-electron chi connectivity index (χ4n) is 4.08. The zero-order valence-electron chi connectivity index (χ0n) is 13.1. The van der Waals surface area contributed by atoms with Gasteiger partial charge in [-0.15, -0.1) is 0 Å². The molecule has 2 aliphatic carbocycles. The average molecular weight is 292 g/mol. The van der Waals surface area contributed by atoms with E-state index < -0.39 is 0 Å². The van der Waals surface area contributed by atoms with E-state index in [-0.39, 0.29) is 23.9 Å². The number of rotatable bonds is 5. The molecule has 1 N–H and O–H groups in total. The van der Waals surface area contributed by atoms with E-state index in [2.05, 4.69) is 12.2 Å². The van der Waals surface area contributed by atoms with E-state index in [4.69, 9.17) is 0 Å². The quantitative estimate of drug-likeness (QED) is 0.626. The van der Waals surface area contributed by atoms with Crippen molar-refractivity contribution in [2.75, 3.05) is 0 Å². The summed E-state index contributed by atoms with van der Waals surface area (Å²) >= 11 is 0. The minimum Gasteiger partial charge on any atom is -0.302 e.